The van der Waals surface area contributed by atoms with E-state index in [-0.39, 0.29) is 5.63 Å². The molecule has 0 saturated carbocycles. The van der Waals surface area contributed by atoms with Crippen LogP contribution < -0.4 is 5.63 Å². The number of H-pyrrole nitrogens is 1. The minimum Gasteiger partial charge on any atom is -0.420 e. The van der Waals surface area contributed by atoms with Crippen molar-refractivity contribution >= 4 is 32.8 Å². The van der Waals surface area contributed by atoms with Crippen LogP contribution in [0, 0.1) is 0 Å². The van der Waals surface area contributed by atoms with Crippen LogP contribution in [0.3, 0.4) is 0 Å². The van der Waals surface area contributed by atoms with Crippen LogP contribution in [-0.2, 0) is 0 Å². The van der Waals surface area contributed by atoms with Gasteiger partial charge in [-0.05, 0) is 18.2 Å². The molecule has 2 aromatic carbocycles. The second-order valence-corrected chi connectivity index (χ2v) is 4.31. The standard InChI is InChI=1S/C15H9NO2/c17-15-10-6-2-1-5-9(10)13-14(18-15)11-7-3-4-8-12(11)16-13/h1-8,16H. The first-order chi connectivity index (χ1) is 8.84. The van der Waals surface area contributed by atoms with Crippen LogP contribution >= 0.6 is 0 Å². The molecule has 2 aromatic heterocycles. The molecule has 86 valence electrons. The molecule has 0 unspecified atom stereocenters. The van der Waals surface area contributed by atoms with Crippen LogP contribution in [0.25, 0.3) is 32.8 Å². The summed E-state index contributed by atoms with van der Waals surface area (Å²) < 4.78 is 5.44. The van der Waals surface area contributed by atoms with Crippen molar-refractivity contribution in [3.63, 3.8) is 0 Å². The number of aromatic amines is 1. The van der Waals surface area contributed by atoms with Crippen LogP contribution in [0.4, 0.5) is 0 Å². The van der Waals surface area contributed by atoms with Gasteiger partial charge in [0.2, 0.25) is 0 Å². The Kier molecular flexibility index (Phi) is 1.70. The number of rotatable bonds is 0. The zero-order valence-corrected chi connectivity index (χ0v) is 9.44. The Bertz CT molecular complexity index is 947. The highest BCUT2D eigenvalue weighted by Gasteiger charge is 2.11. The van der Waals surface area contributed by atoms with E-state index in [0.29, 0.717) is 11.0 Å². The molecule has 0 saturated heterocycles. The Morgan fingerprint density at radius 2 is 1.50 bits per heavy atom. The first kappa shape index (κ1) is 9.48. The van der Waals surface area contributed by atoms with E-state index in [9.17, 15) is 4.79 Å². The molecule has 0 fully saturated rings. The van der Waals surface area contributed by atoms with E-state index in [0.717, 1.165) is 21.8 Å². The van der Waals surface area contributed by atoms with Gasteiger partial charge in [-0.2, -0.15) is 0 Å². The lowest BCUT2D eigenvalue weighted by molar-refractivity contribution is 0.573. The molecule has 0 spiro atoms. The van der Waals surface area contributed by atoms with Crippen LogP contribution in [0.15, 0.2) is 57.7 Å². The SMILES string of the molecule is O=c1oc2c3ccccc3[nH]c2c2ccccc12. The number of hydrogen-bond donors (Lipinski definition) is 1. The van der Waals surface area contributed by atoms with E-state index in [2.05, 4.69) is 4.98 Å². The van der Waals surface area contributed by atoms with Gasteiger partial charge in [-0.3, -0.25) is 0 Å². The molecule has 4 rings (SSSR count). The zero-order chi connectivity index (χ0) is 12.1. The van der Waals surface area contributed by atoms with Gasteiger partial charge < -0.3 is 9.40 Å². The number of benzene rings is 2. The van der Waals surface area contributed by atoms with Crippen LogP contribution in [-0.4, -0.2) is 4.98 Å². The lowest BCUT2D eigenvalue weighted by atomic mass is 10.1. The van der Waals surface area contributed by atoms with Crippen molar-refractivity contribution in [2.24, 2.45) is 0 Å². The minimum absolute atomic E-state index is 0.289. The summed E-state index contributed by atoms with van der Waals surface area (Å²) in [6, 6.07) is 15.3. The quantitative estimate of drug-likeness (QED) is 0.507. The molecule has 0 amide bonds. The molecule has 0 aliphatic rings. The summed E-state index contributed by atoms with van der Waals surface area (Å²) in [6.45, 7) is 0. The normalized spacial score (nSPS) is 11.6. The van der Waals surface area contributed by atoms with Crippen molar-refractivity contribution in [3.8, 4) is 0 Å². The maximum atomic E-state index is 12.0. The lowest BCUT2D eigenvalue weighted by Gasteiger charge is -1.96. The van der Waals surface area contributed by atoms with Crippen molar-refractivity contribution in [2.75, 3.05) is 0 Å². The fourth-order valence-electron chi connectivity index (χ4n) is 2.44. The van der Waals surface area contributed by atoms with Crippen molar-refractivity contribution in [3.05, 3.63) is 59.0 Å². The van der Waals surface area contributed by atoms with Crippen molar-refractivity contribution in [2.45, 2.75) is 0 Å². The summed E-state index contributed by atoms with van der Waals surface area (Å²) in [4.78, 5) is 15.3. The van der Waals surface area contributed by atoms with Crippen LogP contribution in [0.5, 0.6) is 0 Å². The summed E-state index contributed by atoms with van der Waals surface area (Å²) in [5, 5.41) is 2.45. The first-order valence-corrected chi connectivity index (χ1v) is 5.77. The summed E-state index contributed by atoms with van der Waals surface area (Å²) in [5.74, 6) is 0. The highest BCUT2D eigenvalue weighted by atomic mass is 16.4. The van der Waals surface area contributed by atoms with Gasteiger partial charge in [0, 0.05) is 16.3 Å². The Morgan fingerprint density at radius 3 is 2.33 bits per heavy atom. The summed E-state index contributed by atoms with van der Waals surface area (Å²) in [6.07, 6.45) is 0. The average Bonchev–Trinajstić information content (AvgIpc) is 2.78. The van der Waals surface area contributed by atoms with Crippen LogP contribution in [0.1, 0.15) is 0 Å². The third kappa shape index (κ3) is 1.10. The van der Waals surface area contributed by atoms with Gasteiger partial charge in [-0.15, -0.1) is 0 Å². The topological polar surface area (TPSA) is 46.0 Å². The molecule has 3 heteroatoms. The van der Waals surface area contributed by atoms with E-state index in [1.807, 2.05) is 42.5 Å². The van der Waals surface area contributed by atoms with Gasteiger partial charge in [0.25, 0.3) is 0 Å². The fourth-order valence-corrected chi connectivity index (χ4v) is 2.44. The lowest BCUT2D eigenvalue weighted by Crippen LogP contribution is -1.98. The Hall–Kier alpha value is -2.55. The molecule has 0 aliphatic carbocycles. The molecular formula is C15H9NO2. The second-order valence-electron chi connectivity index (χ2n) is 4.31. The van der Waals surface area contributed by atoms with E-state index >= 15 is 0 Å². The highest BCUT2D eigenvalue weighted by Crippen LogP contribution is 2.28. The number of fused-ring (bicyclic) bond motifs is 5. The number of aromatic nitrogens is 1. The number of hydrogen-bond acceptors (Lipinski definition) is 2. The zero-order valence-electron chi connectivity index (χ0n) is 9.44. The molecular weight excluding hydrogens is 226 g/mol. The predicted molar refractivity (Wildman–Crippen MR) is 71.8 cm³/mol. The van der Waals surface area contributed by atoms with Gasteiger partial charge >= 0.3 is 5.63 Å². The minimum atomic E-state index is -0.289. The van der Waals surface area contributed by atoms with Gasteiger partial charge in [-0.25, -0.2) is 4.79 Å². The molecule has 18 heavy (non-hydrogen) atoms. The maximum Gasteiger partial charge on any atom is 0.344 e. The predicted octanol–water partition coefficient (Wildman–Crippen LogP) is 3.43. The molecule has 0 atom stereocenters. The molecule has 4 aromatic rings. The van der Waals surface area contributed by atoms with E-state index in [1.54, 1.807) is 6.07 Å². The largest absolute Gasteiger partial charge is 0.420 e. The van der Waals surface area contributed by atoms with Gasteiger partial charge in [0.15, 0.2) is 5.58 Å². The fraction of sp³-hybridized carbons (Fsp3) is 0. The number of nitrogens with one attached hydrogen (secondary N) is 1. The average molecular weight is 235 g/mol. The molecule has 3 nitrogen and oxygen atoms in total. The van der Waals surface area contributed by atoms with Crippen molar-refractivity contribution in [1.82, 2.24) is 4.98 Å². The molecule has 0 radical (unpaired) electrons. The van der Waals surface area contributed by atoms with Gasteiger partial charge in [0.05, 0.1) is 10.9 Å². The summed E-state index contributed by atoms with van der Waals surface area (Å²) in [7, 11) is 0. The monoisotopic (exact) mass is 235 g/mol. The van der Waals surface area contributed by atoms with Gasteiger partial charge in [-0.1, -0.05) is 30.3 Å². The molecule has 1 N–H and O–H groups in total. The number of para-hydroxylation sites is 1. The molecule has 2 heterocycles. The summed E-state index contributed by atoms with van der Waals surface area (Å²) in [5.41, 5.74) is 2.20. The second kappa shape index (κ2) is 3.23. The molecule has 0 bridgehead atoms. The van der Waals surface area contributed by atoms with E-state index in [1.165, 1.54) is 0 Å². The Labute approximate surface area is 102 Å². The van der Waals surface area contributed by atoms with Gasteiger partial charge in [0.1, 0.15) is 0 Å². The van der Waals surface area contributed by atoms with Crippen LogP contribution in [0.2, 0.25) is 0 Å². The third-order valence-corrected chi connectivity index (χ3v) is 3.27. The first-order valence-electron chi connectivity index (χ1n) is 5.77. The van der Waals surface area contributed by atoms with E-state index in [4.69, 9.17) is 4.42 Å². The highest BCUT2D eigenvalue weighted by molar-refractivity contribution is 6.13. The third-order valence-electron chi connectivity index (χ3n) is 3.27. The smallest absolute Gasteiger partial charge is 0.344 e. The summed E-state index contributed by atoms with van der Waals surface area (Å²) >= 11 is 0. The van der Waals surface area contributed by atoms with E-state index < -0.39 is 0 Å². The maximum absolute atomic E-state index is 12.0. The Balaban J connectivity index is 2.40. The van der Waals surface area contributed by atoms with Crippen molar-refractivity contribution in [1.29, 1.82) is 0 Å². The van der Waals surface area contributed by atoms with Crippen molar-refractivity contribution < 1.29 is 4.42 Å². The Morgan fingerprint density at radius 1 is 0.833 bits per heavy atom. The molecule has 0 aliphatic heterocycles.